The molecule has 0 fully saturated rings. The van der Waals surface area contributed by atoms with Crippen molar-refractivity contribution in [2.24, 2.45) is 0 Å². The van der Waals surface area contributed by atoms with Gasteiger partial charge in [0.15, 0.2) is 0 Å². The highest BCUT2D eigenvalue weighted by atomic mass is 16.5. The van der Waals surface area contributed by atoms with E-state index in [-0.39, 0.29) is 5.78 Å². The standard InChI is InChI=1S/C8H14O2/c1-4-5-10-8(3)6-7(2)9/h3-6H2,1-2H3. The van der Waals surface area contributed by atoms with Crippen LogP contribution in [0.2, 0.25) is 0 Å². The minimum absolute atomic E-state index is 0.0982. The molecule has 0 aliphatic heterocycles. The molecule has 0 unspecified atom stereocenters. The van der Waals surface area contributed by atoms with Crippen LogP contribution in [0.3, 0.4) is 0 Å². The van der Waals surface area contributed by atoms with Gasteiger partial charge in [0.25, 0.3) is 0 Å². The lowest BCUT2D eigenvalue weighted by atomic mass is 10.3. The van der Waals surface area contributed by atoms with Gasteiger partial charge in [-0.25, -0.2) is 0 Å². The van der Waals surface area contributed by atoms with Crippen molar-refractivity contribution in [1.29, 1.82) is 0 Å². The highest BCUT2D eigenvalue weighted by Gasteiger charge is 1.97. The van der Waals surface area contributed by atoms with E-state index in [9.17, 15) is 4.79 Å². The number of carbonyl (C=O) groups excluding carboxylic acids is 1. The maximum absolute atomic E-state index is 10.5. The number of Topliss-reactive ketones (excluding diaryl/α,β-unsaturated/α-hetero) is 1. The molecule has 0 aromatic rings. The second-order valence-electron chi connectivity index (χ2n) is 2.27. The van der Waals surface area contributed by atoms with Crippen molar-refractivity contribution < 1.29 is 9.53 Å². The average molecular weight is 142 g/mol. The van der Waals surface area contributed by atoms with Gasteiger partial charge in [0, 0.05) is 0 Å². The molecule has 0 spiro atoms. The lowest BCUT2D eigenvalue weighted by Crippen LogP contribution is -1.97. The van der Waals surface area contributed by atoms with Gasteiger partial charge >= 0.3 is 0 Å². The Hall–Kier alpha value is -0.790. The van der Waals surface area contributed by atoms with Gasteiger partial charge in [0.1, 0.15) is 5.78 Å². The number of ether oxygens (including phenoxy) is 1. The molecule has 0 aliphatic carbocycles. The summed E-state index contributed by atoms with van der Waals surface area (Å²) >= 11 is 0. The molecular weight excluding hydrogens is 128 g/mol. The molecule has 0 radical (unpaired) electrons. The van der Waals surface area contributed by atoms with Crippen LogP contribution in [0, 0.1) is 0 Å². The van der Waals surface area contributed by atoms with E-state index in [1.807, 2.05) is 6.92 Å². The molecule has 0 saturated heterocycles. The first kappa shape index (κ1) is 9.21. The van der Waals surface area contributed by atoms with Crippen molar-refractivity contribution in [3.8, 4) is 0 Å². The molecule has 0 saturated carbocycles. The van der Waals surface area contributed by atoms with Gasteiger partial charge in [-0.3, -0.25) is 4.79 Å². The van der Waals surface area contributed by atoms with E-state index < -0.39 is 0 Å². The van der Waals surface area contributed by atoms with E-state index >= 15 is 0 Å². The van der Waals surface area contributed by atoms with Crippen molar-refractivity contribution in [2.75, 3.05) is 6.61 Å². The summed E-state index contributed by atoms with van der Waals surface area (Å²) < 4.78 is 5.09. The second-order valence-corrected chi connectivity index (χ2v) is 2.27. The first-order chi connectivity index (χ1) is 4.66. The molecule has 0 aliphatic rings. The first-order valence-corrected chi connectivity index (χ1v) is 3.46. The van der Waals surface area contributed by atoms with Crippen LogP contribution in [-0.4, -0.2) is 12.4 Å². The topological polar surface area (TPSA) is 26.3 Å². The van der Waals surface area contributed by atoms with Crippen molar-refractivity contribution in [3.63, 3.8) is 0 Å². The Balaban J connectivity index is 3.35. The van der Waals surface area contributed by atoms with E-state index in [2.05, 4.69) is 6.58 Å². The van der Waals surface area contributed by atoms with Crippen LogP contribution in [0.5, 0.6) is 0 Å². The van der Waals surface area contributed by atoms with Gasteiger partial charge in [-0.1, -0.05) is 13.5 Å². The predicted molar refractivity (Wildman–Crippen MR) is 40.7 cm³/mol. The number of hydrogen-bond acceptors (Lipinski definition) is 2. The molecule has 10 heavy (non-hydrogen) atoms. The largest absolute Gasteiger partial charge is 0.498 e. The summed E-state index contributed by atoms with van der Waals surface area (Å²) in [7, 11) is 0. The minimum atomic E-state index is 0.0982. The maximum atomic E-state index is 10.5. The van der Waals surface area contributed by atoms with Gasteiger partial charge in [0.2, 0.25) is 0 Å². The molecule has 0 aromatic heterocycles. The van der Waals surface area contributed by atoms with Crippen molar-refractivity contribution in [1.82, 2.24) is 0 Å². The van der Waals surface area contributed by atoms with E-state index in [4.69, 9.17) is 4.74 Å². The van der Waals surface area contributed by atoms with Gasteiger partial charge in [-0.15, -0.1) is 0 Å². The van der Waals surface area contributed by atoms with Crippen molar-refractivity contribution in [3.05, 3.63) is 12.3 Å². The third-order valence-corrected chi connectivity index (χ3v) is 0.956. The molecular formula is C8H14O2. The Bertz CT molecular complexity index is 127. The van der Waals surface area contributed by atoms with E-state index in [1.54, 1.807) is 0 Å². The van der Waals surface area contributed by atoms with Crippen LogP contribution in [0.15, 0.2) is 12.3 Å². The highest BCUT2D eigenvalue weighted by Crippen LogP contribution is 2.00. The first-order valence-electron chi connectivity index (χ1n) is 3.46. The molecule has 0 N–H and O–H groups in total. The number of ketones is 1. The maximum Gasteiger partial charge on any atom is 0.137 e. The zero-order valence-corrected chi connectivity index (χ0v) is 6.64. The summed E-state index contributed by atoms with van der Waals surface area (Å²) in [5.41, 5.74) is 0. The average Bonchev–Trinajstić information content (AvgIpc) is 1.82. The minimum Gasteiger partial charge on any atom is -0.498 e. The molecule has 2 nitrogen and oxygen atoms in total. The van der Waals surface area contributed by atoms with Crippen LogP contribution in [0.1, 0.15) is 26.7 Å². The van der Waals surface area contributed by atoms with E-state index in [0.717, 1.165) is 6.42 Å². The van der Waals surface area contributed by atoms with Crippen LogP contribution in [0.4, 0.5) is 0 Å². The number of carbonyl (C=O) groups is 1. The zero-order chi connectivity index (χ0) is 7.98. The highest BCUT2D eigenvalue weighted by molar-refractivity contribution is 5.77. The molecule has 58 valence electrons. The van der Waals surface area contributed by atoms with Crippen LogP contribution < -0.4 is 0 Å². The molecule has 0 aromatic carbocycles. The summed E-state index contributed by atoms with van der Waals surface area (Å²) in [6.45, 7) is 7.79. The van der Waals surface area contributed by atoms with Crippen LogP contribution in [-0.2, 0) is 9.53 Å². The smallest absolute Gasteiger partial charge is 0.137 e. The van der Waals surface area contributed by atoms with Crippen molar-refractivity contribution >= 4 is 5.78 Å². The molecule has 0 bridgehead atoms. The molecule has 0 rings (SSSR count). The van der Waals surface area contributed by atoms with E-state index in [0.29, 0.717) is 18.8 Å². The van der Waals surface area contributed by atoms with Gasteiger partial charge in [0.05, 0.1) is 18.8 Å². The summed E-state index contributed by atoms with van der Waals surface area (Å²) in [6, 6.07) is 0. The molecule has 0 amide bonds. The quantitative estimate of drug-likeness (QED) is 0.548. The summed E-state index contributed by atoms with van der Waals surface area (Å²) in [5.74, 6) is 0.676. The molecule has 0 atom stereocenters. The Morgan fingerprint density at radius 3 is 2.60 bits per heavy atom. The lowest BCUT2D eigenvalue weighted by molar-refractivity contribution is -0.117. The van der Waals surface area contributed by atoms with Gasteiger partial charge < -0.3 is 4.74 Å². The fourth-order valence-electron chi connectivity index (χ4n) is 0.575. The summed E-state index contributed by atoms with van der Waals surface area (Å²) in [4.78, 5) is 10.5. The Kier molecular flexibility index (Phi) is 4.63. The number of allylic oxidation sites excluding steroid dienone is 1. The lowest BCUT2D eigenvalue weighted by Gasteiger charge is -2.04. The summed E-state index contributed by atoms with van der Waals surface area (Å²) in [5, 5.41) is 0. The normalized spacial score (nSPS) is 9.00. The van der Waals surface area contributed by atoms with Gasteiger partial charge in [-0.2, -0.15) is 0 Å². The second kappa shape index (κ2) is 5.03. The van der Waals surface area contributed by atoms with Crippen LogP contribution >= 0.6 is 0 Å². The third kappa shape index (κ3) is 5.35. The third-order valence-electron chi connectivity index (χ3n) is 0.956. The Morgan fingerprint density at radius 2 is 2.20 bits per heavy atom. The summed E-state index contributed by atoms with van der Waals surface area (Å²) in [6.07, 6.45) is 1.30. The fourth-order valence-corrected chi connectivity index (χ4v) is 0.575. The molecule has 0 heterocycles. The number of hydrogen-bond donors (Lipinski definition) is 0. The monoisotopic (exact) mass is 142 g/mol. The number of rotatable bonds is 5. The predicted octanol–water partition coefficient (Wildman–Crippen LogP) is 1.91. The zero-order valence-electron chi connectivity index (χ0n) is 6.64. The molecule has 2 heteroatoms. The Labute approximate surface area is 61.9 Å². The Morgan fingerprint density at radius 1 is 1.60 bits per heavy atom. The van der Waals surface area contributed by atoms with Crippen LogP contribution in [0.25, 0.3) is 0 Å². The fraction of sp³-hybridized carbons (Fsp3) is 0.625. The van der Waals surface area contributed by atoms with Gasteiger partial charge in [-0.05, 0) is 13.3 Å². The SMILES string of the molecule is C=C(CC(C)=O)OCCC. The van der Waals surface area contributed by atoms with E-state index in [1.165, 1.54) is 6.92 Å². The van der Waals surface area contributed by atoms with Crippen molar-refractivity contribution in [2.45, 2.75) is 26.7 Å².